The molecule has 0 radical (unpaired) electrons. The highest BCUT2D eigenvalue weighted by molar-refractivity contribution is 5.85. The van der Waals surface area contributed by atoms with E-state index in [1.165, 1.54) is 0 Å². The lowest BCUT2D eigenvalue weighted by Crippen LogP contribution is -1.91. The van der Waals surface area contributed by atoms with Crippen molar-refractivity contribution in [1.29, 1.82) is 0 Å². The maximum absolute atomic E-state index is 5.25. The van der Waals surface area contributed by atoms with E-state index >= 15 is 0 Å². The van der Waals surface area contributed by atoms with Crippen LogP contribution in [0.2, 0.25) is 0 Å². The molecule has 0 saturated heterocycles. The van der Waals surface area contributed by atoms with Crippen LogP contribution in [0.3, 0.4) is 0 Å². The molecule has 0 aliphatic heterocycles. The van der Waals surface area contributed by atoms with E-state index in [0.717, 1.165) is 50.2 Å². The van der Waals surface area contributed by atoms with Gasteiger partial charge in [0.1, 0.15) is 5.69 Å². The molecular weight excluding hydrogens is 364 g/mol. The average Bonchev–Trinajstić information content (AvgIpc) is 3.46. The van der Waals surface area contributed by atoms with Crippen LogP contribution in [-0.2, 0) is 11.3 Å². The fourth-order valence-electron chi connectivity index (χ4n) is 3.40. The van der Waals surface area contributed by atoms with Crippen LogP contribution in [0.5, 0.6) is 0 Å². The molecule has 4 heterocycles. The highest BCUT2D eigenvalue weighted by atomic mass is 16.5. The topological polar surface area (TPSA) is 92.4 Å². The Kier molecular flexibility index (Phi) is 4.34. The van der Waals surface area contributed by atoms with Crippen LogP contribution in [0.1, 0.15) is 5.56 Å². The van der Waals surface area contributed by atoms with Gasteiger partial charge in [-0.25, -0.2) is 4.98 Å². The highest BCUT2D eigenvalue weighted by Gasteiger charge is 2.13. The molecule has 7 heteroatoms. The van der Waals surface area contributed by atoms with Crippen LogP contribution in [-0.4, -0.2) is 37.5 Å². The number of H-pyrrole nitrogens is 2. The summed E-state index contributed by atoms with van der Waals surface area (Å²) in [5.41, 5.74) is 8.35. The molecule has 29 heavy (non-hydrogen) atoms. The Labute approximate surface area is 166 Å². The molecule has 0 saturated carbocycles. The number of fused-ring (bicyclic) bond motifs is 1. The van der Waals surface area contributed by atoms with Crippen LogP contribution in [0.15, 0.2) is 67.3 Å². The summed E-state index contributed by atoms with van der Waals surface area (Å²) in [6, 6.07) is 14.2. The lowest BCUT2D eigenvalue weighted by Gasteiger charge is -2.07. The lowest BCUT2D eigenvalue weighted by molar-refractivity contribution is 0.185. The SMILES string of the molecule is COCc1cccc(-c2n[nH]cc2-c2ccc3ncc(-c4cn[nH]c4)cc3n2)c1. The first-order valence-electron chi connectivity index (χ1n) is 9.20. The second kappa shape index (κ2) is 7.29. The largest absolute Gasteiger partial charge is 0.380 e. The van der Waals surface area contributed by atoms with Crippen molar-refractivity contribution in [3.05, 3.63) is 72.8 Å². The molecule has 0 atom stereocenters. The monoisotopic (exact) mass is 382 g/mol. The summed E-state index contributed by atoms with van der Waals surface area (Å²) in [5.74, 6) is 0. The molecule has 0 unspecified atom stereocenters. The summed E-state index contributed by atoms with van der Waals surface area (Å²) < 4.78 is 5.25. The molecule has 0 fully saturated rings. The van der Waals surface area contributed by atoms with Gasteiger partial charge in [-0.2, -0.15) is 10.2 Å². The Balaban J connectivity index is 1.58. The number of ether oxygens (including phenoxy) is 1. The molecule has 1 aromatic carbocycles. The van der Waals surface area contributed by atoms with Crippen molar-refractivity contribution >= 4 is 11.0 Å². The Morgan fingerprint density at radius 3 is 2.72 bits per heavy atom. The predicted molar refractivity (Wildman–Crippen MR) is 111 cm³/mol. The zero-order valence-corrected chi connectivity index (χ0v) is 15.8. The molecule has 0 aliphatic rings. The van der Waals surface area contributed by atoms with Gasteiger partial charge in [0.15, 0.2) is 0 Å². The lowest BCUT2D eigenvalue weighted by atomic mass is 10.0. The van der Waals surface area contributed by atoms with E-state index in [4.69, 9.17) is 9.72 Å². The number of benzene rings is 1. The Bertz CT molecular complexity index is 1280. The van der Waals surface area contributed by atoms with Gasteiger partial charge in [-0.05, 0) is 29.8 Å². The minimum absolute atomic E-state index is 0.560. The third-order valence-corrected chi connectivity index (χ3v) is 4.80. The molecular formula is C22H18N6O. The molecule has 5 rings (SSSR count). The summed E-state index contributed by atoms with van der Waals surface area (Å²) >= 11 is 0. The van der Waals surface area contributed by atoms with E-state index < -0.39 is 0 Å². The minimum Gasteiger partial charge on any atom is -0.380 e. The van der Waals surface area contributed by atoms with E-state index in [0.29, 0.717) is 6.61 Å². The zero-order chi connectivity index (χ0) is 19.6. The molecule has 7 nitrogen and oxygen atoms in total. The van der Waals surface area contributed by atoms with Gasteiger partial charge in [0, 0.05) is 48.0 Å². The first-order chi connectivity index (χ1) is 14.3. The van der Waals surface area contributed by atoms with Crippen molar-refractivity contribution in [3.63, 3.8) is 0 Å². The fraction of sp³-hybridized carbons (Fsp3) is 0.0909. The Morgan fingerprint density at radius 1 is 0.897 bits per heavy atom. The van der Waals surface area contributed by atoms with Gasteiger partial charge in [-0.1, -0.05) is 18.2 Å². The number of aromatic nitrogens is 6. The molecule has 4 aromatic heterocycles. The van der Waals surface area contributed by atoms with Gasteiger partial charge in [-0.3, -0.25) is 15.2 Å². The minimum atomic E-state index is 0.560. The van der Waals surface area contributed by atoms with Gasteiger partial charge < -0.3 is 4.74 Å². The Morgan fingerprint density at radius 2 is 1.86 bits per heavy atom. The average molecular weight is 382 g/mol. The van der Waals surface area contributed by atoms with Crippen LogP contribution in [0.4, 0.5) is 0 Å². The van der Waals surface area contributed by atoms with Crippen LogP contribution in [0, 0.1) is 0 Å². The molecule has 0 spiro atoms. The summed E-state index contributed by atoms with van der Waals surface area (Å²) in [6.45, 7) is 0.560. The molecule has 0 bridgehead atoms. The summed E-state index contributed by atoms with van der Waals surface area (Å²) in [7, 11) is 1.69. The van der Waals surface area contributed by atoms with E-state index in [1.807, 2.05) is 55.0 Å². The first-order valence-corrected chi connectivity index (χ1v) is 9.20. The summed E-state index contributed by atoms with van der Waals surface area (Å²) in [6.07, 6.45) is 7.32. The molecule has 5 aromatic rings. The molecule has 142 valence electrons. The molecule has 0 amide bonds. The number of aromatic amines is 2. The fourth-order valence-corrected chi connectivity index (χ4v) is 3.40. The normalized spacial score (nSPS) is 11.2. The smallest absolute Gasteiger partial charge is 0.101 e. The van der Waals surface area contributed by atoms with Crippen molar-refractivity contribution < 1.29 is 4.74 Å². The number of pyridine rings is 2. The predicted octanol–water partition coefficient (Wildman–Crippen LogP) is 4.22. The maximum atomic E-state index is 5.25. The number of nitrogens with one attached hydrogen (secondary N) is 2. The van der Waals surface area contributed by atoms with Gasteiger partial charge in [0.05, 0.1) is 29.5 Å². The number of nitrogens with zero attached hydrogens (tertiary/aromatic N) is 4. The van der Waals surface area contributed by atoms with Crippen molar-refractivity contribution in [2.24, 2.45) is 0 Å². The first kappa shape index (κ1) is 17.3. The standard InChI is InChI=1S/C22H18N6O/c1-29-13-14-3-2-4-15(7-14)22-18(12-26-28-22)19-5-6-20-21(27-19)8-16(9-23-20)17-10-24-25-11-17/h2-12H,13H2,1H3,(H,24,25)(H,26,28). The summed E-state index contributed by atoms with van der Waals surface area (Å²) in [5, 5.41) is 14.3. The van der Waals surface area contributed by atoms with Gasteiger partial charge in [0.25, 0.3) is 0 Å². The van der Waals surface area contributed by atoms with E-state index in [1.54, 1.807) is 13.3 Å². The van der Waals surface area contributed by atoms with Gasteiger partial charge in [0.2, 0.25) is 0 Å². The zero-order valence-electron chi connectivity index (χ0n) is 15.8. The van der Waals surface area contributed by atoms with Crippen LogP contribution in [0.25, 0.3) is 44.7 Å². The van der Waals surface area contributed by atoms with Gasteiger partial charge >= 0.3 is 0 Å². The highest BCUT2D eigenvalue weighted by Crippen LogP contribution is 2.31. The number of hydrogen-bond donors (Lipinski definition) is 2. The van der Waals surface area contributed by atoms with E-state index in [-0.39, 0.29) is 0 Å². The maximum Gasteiger partial charge on any atom is 0.101 e. The second-order valence-electron chi connectivity index (χ2n) is 6.73. The van der Waals surface area contributed by atoms with Gasteiger partial charge in [-0.15, -0.1) is 0 Å². The Hall–Kier alpha value is -3.84. The quantitative estimate of drug-likeness (QED) is 0.475. The molecule has 0 aliphatic carbocycles. The van der Waals surface area contributed by atoms with E-state index in [2.05, 4.69) is 31.4 Å². The van der Waals surface area contributed by atoms with Crippen molar-refractivity contribution in [2.45, 2.75) is 6.61 Å². The van der Waals surface area contributed by atoms with Crippen molar-refractivity contribution in [3.8, 4) is 33.6 Å². The summed E-state index contributed by atoms with van der Waals surface area (Å²) in [4.78, 5) is 9.39. The van der Waals surface area contributed by atoms with E-state index in [9.17, 15) is 0 Å². The third kappa shape index (κ3) is 3.28. The van der Waals surface area contributed by atoms with Crippen LogP contribution >= 0.6 is 0 Å². The number of methoxy groups -OCH3 is 1. The molecule has 2 N–H and O–H groups in total. The second-order valence-corrected chi connectivity index (χ2v) is 6.73. The number of rotatable bonds is 5. The van der Waals surface area contributed by atoms with Crippen molar-refractivity contribution in [1.82, 2.24) is 30.4 Å². The van der Waals surface area contributed by atoms with Crippen LogP contribution < -0.4 is 0 Å². The van der Waals surface area contributed by atoms with Crippen molar-refractivity contribution in [2.75, 3.05) is 7.11 Å². The third-order valence-electron chi connectivity index (χ3n) is 4.80. The number of hydrogen-bond acceptors (Lipinski definition) is 5.